The van der Waals surface area contributed by atoms with E-state index in [0.717, 1.165) is 24.9 Å². The molecule has 0 spiro atoms. The highest BCUT2D eigenvalue weighted by atomic mass is 32.2. The van der Waals surface area contributed by atoms with Crippen LogP contribution in [-0.2, 0) is 0 Å². The van der Waals surface area contributed by atoms with Gasteiger partial charge in [0.15, 0.2) is 0 Å². The molecule has 0 saturated carbocycles. The smallest absolute Gasteiger partial charge is 0.141 e. The molecule has 0 amide bonds. The number of nitrogens with two attached hydrogens (primary N) is 1. The van der Waals surface area contributed by atoms with Gasteiger partial charge in [0.25, 0.3) is 0 Å². The van der Waals surface area contributed by atoms with Crippen molar-refractivity contribution in [2.45, 2.75) is 43.9 Å². The Morgan fingerprint density at radius 3 is 2.43 bits per heavy atom. The normalized spacial score (nSPS) is 14.1. The van der Waals surface area contributed by atoms with Gasteiger partial charge in [0, 0.05) is 23.8 Å². The summed E-state index contributed by atoms with van der Waals surface area (Å²) >= 11 is 1.91. The summed E-state index contributed by atoms with van der Waals surface area (Å²) in [4.78, 5) is 0. The zero-order chi connectivity index (χ0) is 15.7. The van der Waals surface area contributed by atoms with Crippen LogP contribution in [0.15, 0.2) is 35.5 Å². The van der Waals surface area contributed by atoms with Gasteiger partial charge in [-0.15, -0.1) is 0 Å². The highest BCUT2D eigenvalue weighted by molar-refractivity contribution is 8.00. The fourth-order valence-electron chi connectivity index (χ4n) is 2.41. The van der Waals surface area contributed by atoms with E-state index >= 15 is 0 Å². The van der Waals surface area contributed by atoms with Crippen LogP contribution in [0.1, 0.15) is 44.7 Å². The molecule has 1 unspecified atom stereocenters. The summed E-state index contributed by atoms with van der Waals surface area (Å²) in [6, 6.07) is 10.2. The summed E-state index contributed by atoms with van der Waals surface area (Å²) in [6.07, 6.45) is 4.89. The number of hydrogen-bond donors (Lipinski definition) is 3. The van der Waals surface area contributed by atoms with Gasteiger partial charge in [0.1, 0.15) is 5.84 Å². The molecule has 0 aliphatic rings. The van der Waals surface area contributed by atoms with Gasteiger partial charge in [0.2, 0.25) is 0 Å². The minimum atomic E-state index is 0.0618. The number of nitrogens with one attached hydrogen (secondary N) is 1. The average Bonchev–Trinajstić information content (AvgIpc) is 2.56. The summed E-state index contributed by atoms with van der Waals surface area (Å²) < 4.78 is 0.234. The molecule has 5 heteroatoms. The number of rotatable bonds is 9. The van der Waals surface area contributed by atoms with Gasteiger partial charge in [-0.25, -0.2) is 0 Å². The van der Waals surface area contributed by atoms with Crippen LogP contribution in [0.2, 0.25) is 0 Å². The van der Waals surface area contributed by atoms with E-state index in [-0.39, 0.29) is 16.6 Å². The minimum Gasteiger partial charge on any atom is -0.409 e. The Balaban J connectivity index is 2.83. The van der Waals surface area contributed by atoms with Gasteiger partial charge in [-0.2, -0.15) is 11.8 Å². The lowest BCUT2D eigenvalue weighted by molar-refractivity contribution is 0.315. The third kappa shape index (κ3) is 5.25. The standard InChI is InChI=1S/C16H27N3OS/c1-4-16(5-2,21-3)12-18-14(11-15(17)19-20)13-9-7-6-8-10-13/h6-10,14,18,20H,4-5,11-12H2,1-3H3,(H2,17,19). The maximum atomic E-state index is 8.83. The van der Waals surface area contributed by atoms with Crippen molar-refractivity contribution in [3.05, 3.63) is 35.9 Å². The fraction of sp³-hybridized carbons (Fsp3) is 0.562. The molecule has 1 aromatic carbocycles. The van der Waals surface area contributed by atoms with Crippen molar-refractivity contribution in [3.63, 3.8) is 0 Å². The fourth-order valence-corrected chi connectivity index (χ4v) is 3.22. The van der Waals surface area contributed by atoms with Crippen LogP contribution in [0.3, 0.4) is 0 Å². The Bertz CT molecular complexity index is 424. The van der Waals surface area contributed by atoms with Crippen molar-refractivity contribution in [3.8, 4) is 0 Å². The largest absolute Gasteiger partial charge is 0.409 e. The van der Waals surface area contributed by atoms with Crippen LogP contribution >= 0.6 is 11.8 Å². The van der Waals surface area contributed by atoms with Gasteiger partial charge in [-0.3, -0.25) is 0 Å². The summed E-state index contributed by atoms with van der Waals surface area (Å²) in [6.45, 7) is 5.35. The molecule has 1 aromatic rings. The molecule has 1 atom stereocenters. The summed E-state index contributed by atoms with van der Waals surface area (Å²) in [5.41, 5.74) is 6.86. The molecule has 0 bridgehead atoms. The van der Waals surface area contributed by atoms with Crippen LogP contribution in [0.25, 0.3) is 0 Å². The average molecular weight is 309 g/mol. The second-order valence-corrected chi connectivity index (χ2v) is 6.51. The zero-order valence-corrected chi connectivity index (χ0v) is 14.0. The van der Waals surface area contributed by atoms with Crippen molar-refractivity contribution >= 4 is 17.6 Å². The molecule has 1 rings (SSSR count). The van der Waals surface area contributed by atoms with Crippen molar-refractivity contribution < 1.29 is 5.21 Å². The predicted octanol–water partition coefficient (Wildman–Crippen LogP) is 3.38. The molecule has 0 heterocycles. The van der Waals surface area contributed by atoms with E-state index in [9.17, 15) is 0 Å². The first-order chi connectivity index (χ1) is 10.1. The molecular formula is C16H27N3OS. The molecule has 0 fully saturated rings. The van der Waals surface area contributed by atoms with E-state index in [1.807, 2.05) is 30.0 Å². The van der Waals surface area contributed by atoms with Crippen molar-refractivity contribution in [2.75, 3.05) is 12.8 Å². The summed E-state index contributed by atoms with van der Waals surface area (Å²) in [7, 11) is 0. The number of oxime groups is 1. The first kappa shape index (κ1) is 17.9. The SMILES string of the molecule is CCC(CC)(CNC(C/C(N)=N/O)c1ccccc1)SC. The monoisotopic (exact) mass is 309 g/mol. The third-order valence-corrected chi connectivity index (χ3v) is 5.72. The summed E-state index contributed by atoms with van der Waals surface area (Å²) in [5.74, 6) is 0.249. The Morgan fingerprint density at radius 2 is 1.95 bits per heavy atom. The first-order valence-corrected chi connectivity index (χ1v) is 8.63. The number of hydrogen-bond acceptors (Lipinski definition) is 4. The van der Waals surface area contributed by atoms with Crippen LogP contribution < -0.4 is 11.1 Å². The van der Waals surface area contributed by atoms with Crippen molar-refractivity contribution in [1.82, 2.24) is 5.32 Å². The topological polar surface area (TPSA) is 70.6 Å². The minimum absolute atomic E-state index is 0.0618. The van der Waals surface area contributed by atoms with E-state index in [1.165, 1.54) is 0 Å². The van der Waals surface area contributed by atoms with Crippen LogP contribution in [0.5, 0.6) is 0 Å². The maximum Gasteiger partial charge on any atom is 0.141 e. The summed E-state index contributed by atoms with van der Waals surface area (Å²) in [5, 5.41) is 15.5. The maximum absolute atomic E-state index is 8.83. The predicted molar refractivity (Wildman–Crippen MR) is 92.0 cm³/mol. The van der Waals surface area contributed by atoms with Crippen LogP contribution in [0.4, 0.5) is 0 Å². The van der Waals surface area contributed by atoms with Crippen LogP contribution in [-0.4, -0.2) is 28.6 Å². The quantitative estimate of drug-likeness (QED) is 0.283. The molecule has 4 N–H and O–H groups in total. The second kappa shape index (κ2) is 8.95. The first-order valence-electron chi connectivity index (χ1n) is 7.40. The Kier molecular flexibility index (Phi) is 7.61. The van der Waals surface area contributed by atoms with E-state index in [0.29, 0.717) is 6.42 Å². The molecule has 0 saturated heterocycles. The molecule has 0 radical (unpaired) electrons. The lowest BCUT2D eigenvalue weighted by atomic mass is 9.99. The van der Waals surface area contributed by atoms with Gasteiger partial charge >= 0.3 is 0 Å². The molecule has 0 aromatic heterocycles. The number of amidine groups is 1. The van der Waals surface area contributed by atoms with Gasteiger partial charge in [-0.05, 0) is 24.7 Å². The molecule has 0 aliphatic carbocycles. The highest BCUT2D eigenvalue weighted by Gasteiger charge is 2.26. The molecule has 0 aliphatic heterocycles. The van der Waals surface area contributed by atoms with Crippen molar-refractivity contribution in [2.24, 2.45) is 10.9 Å². The zero-order valence-electron chi connectivity index (χ0n) is 13.2. The van der Waals surface area contributed by atoms with Gasteiger partial charge in [0.05, 0.1) is 0 Å². The molecule has 4 nitrogen and oxygen atoms in total. The Labute approximate surface area is 132 Å². The van der Waals surface area contributed by atoms with Gasteiger partial charge in [-0.1, -0.05) is 49.3 Å². The lowest BCUT2D eigenvalue weighted by Gasteiger charge is -2.32. The van der Waals surface area contributed by atoms with E-state index in [4.69, 9.17) is 10.9 Å². The Hall–Kier alpha value is -1.20. The number of nitrogens with zero attached hydrogens (tertiary/aromatic N) is 1. The molecular weight excluding hydrogens is 282 g/mol. The van der Waals surface area contributed by atoms with Crippen molar-refractivity contribution in [1.29, 1.82) is 0 Å². The van der Waals surface area contributed by atoms with Crippen LogP contribution in [0, 0.1) is 0 Å². The Morgan fingerprint density at radius 1 is 1.33 bits per heavy atom. The third-order valence-electron chi connectivity index (χ3n) is 4.14. The van der Waals surface area contributed by atoms with E-state index < -0.39 is 0 Å². The van der Waals surface area contributed by atoms with E-state index in [2.05, 4.69) is 42.7 Å². The highest BCUT2D eigenvalue weighted by Crippen LogP contribution is 2.30. The molecule has 118 valence electrons. The van der Waals surface area contributed by atoms with Gasteiger partial charge < -0.3 is 16.3 Å². The number of benzene rings is 1. The second-order valence-electron chi connectivity index (χ2n) is 5.23. The number of thioether (sulfide) groups is 1. The van der Waals surface area contributed by atoms with E-state index in [1.54, 1.807) is 0 Å². The molecule has 21 heavy (non-hydrogen) atoms. The lowest BCUT2D eigenvalue weighted by Crippen LogP contribution is -2.39.